The van der Waals surface area contributed by atoms with Crippen molar-refractivity contribution in [3.63, 3.8) is 0 Å². The summed E-state index contributed by atoms with van der Waals surface area (Å²) in [6, 6.07) is 8.01. The Balaban J connectivity index is 0.000000204. The van der Waals surface area contributed by atoms with Crippen LogP contribution in [0.25, 0.3) is 0 Å². The smallest absolute Gasteiger partial charge is 0.0351 e. The summed E-state index contributed by atoms with van der Waals surface area (Å²) in [5, 5.41) is 0. The number of nitrogens with zero attached hydrogens (tertiary/aromatic N) is 1. The second-order valence-corrected chi connectivity index (χ2v) is 7.53. The molecule has 0 aliphatic carbocycles. The van der Waals surface area contributed by atoms with Gasteiger partial charge in [0.05, 0.1) is 0 Å². The van der Waals surface area contributed by atoms with E-state index in [1.807, 2.05) is 18.2 Å². The predicted molar refractivity (Wildman–Crippen MR) is 90.1 cm³/mol. The number of nitrogen functional groups attached to an aromatic ring is 1. The van der Waals surface area contributed by atoms with Gasteiger partial charge in [-0.15, -0.1) is 0 Å². The molecule has 0 aromatic heterocycles. The van der Waals surface area contributed by atoms with Crippen LogP contribution < -0.4 is 5.73 Å². The number of para-hydroxylation sites is 1. The highest BCUT2D eigenvalue weighted by Crippen LogP contribution is 2.26. The van der Waals surface area contributed by atoms with E-state index < -0.39 is 0 Å². The molecule has 2 nitrogen and oxygen atoms in total. The van der Waals surface area contributed by atoms with Gasteiger partial charge in [-0.3, -0.25) is 0 Å². The maximum absolute atomic E-state index is 5.81. The van der Waals surface area contributed by atoms with Crippen molar-refractivity contribution in [1.82, 2.24) is 4.90 Å². The molecule has 0 unspecified atom stereocenters. The van der Waals surface area contributed by atoms with Crippen LogP contribution in [0.2, 0.25) is 0 Å². The summed E-state index contributed by atoms with van der Waals surface area (Å²) in [5.74, 6) is 0. The first kappa shape index (κ1) is 17.0. The van der Waals surface area contributed by atoms with Crippen molar-refractivity contribution in [2.45, 2.75) is 64.8 Å². The molecule has 0 bridgehead atoms. The molecule has 1 fully saturated rings. The number of likely N-dealkylation sites (tertiary alicyclic amines) is 1. The van der Waals surface area contributed by atoms with Gasteiger partial charge in [0.1, 0.15) is 0 Å². The van der Waals surface area contributed by atoms with Gasteiger partial charge < -0.3 is 10.6 Å². The van der Waals surface area contributed by atoms with Crippen molar-refractivity contribution in [2.75, 3.05) is 19.3 Å². The molecule has 0 radical (unpaired) electrons. The van der Waals surface area contributed by atoms with Gasteiger partial charge in [-0.2, -0.15) is 0 Å². The third-order valence-corrected chi connectivity index (χ3v) is 4.33. The lowest BCUT2D eigenvalue weighted by Gasteiger charge is -2.39. The van der Waals surface area contributed by atoms with Gasteiger partial charge in [0.15, 0.2) is 0 Å². The highest BCUT2D eigenvalue weighted by Gasteiger charge is 2.25. The highest BCUT2D eigenvalue weighted by molar-refractivity contribution is 5.49. The molecule has 2 rings (SSSR count). The molecule has 0 atom stereocenters. The second-order valence-electron chi connectivity index (χ2n) is 7.53. The number of hydrogen-bond acceptors (Lipinski definition) is 2. The monoisotopic (exact) mass is 276 g/mol. The van der Waals surface area contributed by atoms with Crippen LogP contribution >= 0.6 is 0 Å². The fourth-order valence-electron chi connectivity index (χ4n) is 2.58. The Kier molecular flexibility index (Phi) is 5.64. The molecule has 0 amide bonds. The van der Waals surface area contributed by atoms with Crippen molar-refractivity contribution in [3.8, 4) is 0 Å². The molecule has 1 aliphatic rings. The Morgan fingerprint density at radius 1 is 1.10 bits per heavy atom. The summed E-state index contributed by atoms with van der Waals surface area (Å²) in [6.45, 7) is 12.4. The van der Waals surface area contributed by atoms with Crippen LogP contribution in [-0.2, 0) is 5.41 Å². The van der Waals surface area contributed by atoms with E-state index in [0.717, 1.165) is 5.69 Å². The maximum Gasteiger partial charge on any atom is 0.0351 e. The molecule has 1 aliphatic heterocycles. The van der Waals surface area contributed by atoms with Crippen molar-refractivity contribution >= 4 is 5.69 Å². The average molecular weight is 276 g/mol. The van der Waals surface area contributed by atoms with Crippen LogP contribution in [0.3, 0.4) is 0 Å². The van der Waals surface area contributed by atoms with Crippen LogP contribution in [0, 0.1) is 0 Å². The van der Waals surface area contributed by atoms with Gasteiger partial charge in [-0.05, 0) is 57.3 Å². The van der Waals surface area contributed by atoms with E-state index in [2.05, 4.69) is 52.6 Å². The fourth-order valence-corrected chi connectivity index (χ4v) is 2.58. The van der Waals surface area contributed by atoms with E-state index in [9.17, 15) is 0 Å². The summed E-state index contributed by atoms with van der Waals surface area (Å²) in [7, 11) is 2.22. The summed E-state index contributed by atoms with van der Waals surface area (Å²) < 4.78 is 0. The standard InChI is InChI=1S/C10H15N.C8H17N/c1-10(2,3)8-6-4-5-7-9(8)11;1-8(2)6-4-5-7-9(8)3/h4-7H,11H2,1-3H3;4-7H2,1-3H3. The number of nitrogens with two attached hydrogens (primary N) is 1. The third kappa shape index (κ3) is 4.82. The van der Waals surface area contributed by atoms with Gasteiger partial charge in [0, 0.05) is 11.2 Å². The van der Waals surface area contributed by atoms with Crippen molar-refractivity contribution < 1.29 is 0 Å². The molecule has 1 heterocycles. The van der Waals surface area contributed by atoms with Crippen LogP contribution in [0.4, 0.5) is 5.69 Å². The van der Waals surface area contributed by atoms with Crippen LogP contribution in [0.15, 0.2) is 24.3 Å². The first-order valence-corrected chi connectivity index (χ1v) is 7.71. The molecule has 1 aromatic rings. The lowest BCUT2D eigenvalue weighted by molar-refractivity contribution is 0.108. The van der Waals surface area contributed by atoms with E-state index in [-0.39, 0.29) is 5.41 Å². The number of hydrogen-bond donors (Lipinski definition) is 1. The Bertz CT molecular complexity index is 416. The number of benzene rings is 1. The molecule has 0 spiro atoms. The lowest BCUT2D eigenvalue weighted by Crippen LogP contribution is -2.44. The van der Waals surface area contributed by atoms with E-state index in [0.29, 0.717) is 5.54 Å². The minimum atomic E-state index is 0.158. The van der Waals surface area contributed by atoms with Gasteiger partial charge in [0.25, 0.3) is 0 Å². The van der Waals surface area contributed by atoms with Gasteiger partial charge in [-0.1, -0.05) is 45.4 Å². The Hall–Kier alpha value is -1.02. The number of anilines is 1. The number of piperidine rings is 1. The molecular weight excluding hydrogens is 244 g/mol. The first-order chi connectivity index (χ1) is 9.14. The van der Waals surface area contributed by atoms with Crippen molar-refractivity contribution in [3.05, 3.63) is 29.8 Å². The zero-order chi connectivity index (χ0) is 15.4. The summed E-state index contributed by atoms with van der Waals surface area (Å²) in [5.41, 5.74) is 8.55. The van der Waals surface area contributed by atoms with E-state index in [1.165, 1.54) is 31.4 Å². The Labute approximate surface area is 125 Å². The quantitative estimate of drug-likeness (QED) is 0.709. The second kappa shape index (κ2) is 6.62. The minimum absolute atomic E-state index is 0.158. The third-order valence-electron chi connectivity index (χ3n) is 4.33. The molecule has 2 heteroatoms. The van der Waals surface area contributed by atoms with Crippen molar-refractivity contribution in [2.24, 2.45) is 0 Å². The molecule has 1 saturated heterocycles. The summed E-state index contributed by atoms with van der Waals surface area (Å²) in [6.07, 6.45) is 4.17. The van der Waals surface area contributed by atoms with Crippen molar-refractivity contribution in [1.29, 1.82) is 0 Å². The van der Waals surface area contributed by atoms with E-state index in [1.54, 1.807) is 0 Å². The first-order valence-electron chi connectivity index (χ1n) is 7.71. The molecule has 1 aromatic carbocycles. The maximum atomic E-state index is 5.81. The van der Waals surface area contributed by atoms with Crippen LogP contribution in [0.5, 0.6) is 0 Å². The summed E-state index contributed by atoms with van der Waals surface area (Å²) >= 11 is 0. The van der Waals surface area contributed by atoms with E-state index in [4.69, 9.17) is 5.73 Å². The molecule has 20 heavy (non-hydrogen) atoms. The van der Waals surface area contributed by atoms with E-state index >= 15 is 0 Å². The van der Waals surface area contributed by atoms with Crippen LogP contribution in [0.1, 0.15) is 59.4 Å². The molecule has 2 N–H and O–H groups in total. The topological polar surface area (TPSA) is 29.3 Å². The zero-order valence-electron chi connectivity index (χ0n) is 14.2. The van der Waals surface area contributed by atoms with Gasteiger partial charge >= 0.3 is 0 Å². The zero-order valence-corrected chi connectivity index (χ0v) is 14.2. The Morgan fingerprint density at radius 2 is 1.70 bits per heavy atom. The molecule has 0 saturated carbocycles. The normalized spacial score (nSPS) is 19.1. The van der Waals surface area contributed by atoms with Crippen LogP contribution in [-0.4, -0.2) is 24.0 Å². The fraction of sp³-hybridized carbons (Fsp3) is 0.667. The number of rotatable bonds is 0. The average Bonchev–Trinajstić information content (AvgIpc) is 2.33. The van der Waals surface area contributed by atoms with Gasteiger partial charge in [0.2, 0.25) is 0 Å². The Morgan fingerprint density at radius 3 is 2.05 bits per heavy atom. The highest BCUT2D eigenvalue weighted by atomic mass is 15.2. The largest absolute Gasteiger partial charge is 0.398 e. The lowest BCUT2D eigenvalue weighted by atomic mass is 9.86. The SMILES string of the molecule is CC(C)(C)c1ccccc1N.CN1CCCCC1(C)C. The molecular formula is C18H32N2. The predicted octanol–water partition coefficient (Wildman–Crippen LogP) is 4.45. The van der Waals surface area contributed by atoms with Gasteiger partial charge in [-0.25, -0.2) is 0 Å². The summed E-state index contributed by atoms with van der Waals surface area (Å²) in [4.78, 5) is 2.45. The molecule has 114 valence electrons. The minimum Gasteiger partial charge on any atom is -0.398 e.